The molecule has 1 aromatic heterocycles. The molecule has 1 saturated heterocycles. The fraction of sp³-hybridized carbons (Fsp3) is 0.167. The van der Waals surface area contributed by atoms with Gasteiger partial charge >= 0.3 is 6.03 Å². The van der Waals surface area contributed by atoms with Crippen LogP contribution in [0.4, 0.5) is 10.5 Å². The van der Waals surface area contributed by atoms with Gasteiger partial charge in [-0.15, -0.1) is 0 Å². The molecule has 0 radical (unpaired) electrons. The molecule has 2 aromatic carbocycles. The lowest BCUT2D eigenvalue weighted by molar-refractivity contribution is -0.133. The minimum atomic E-state index is -1.31. The van der Waals surface area contributed by atoms with Gasteiger partial charge in [0.25, 0.3) is 5.91 Å². The summed E-state index contributed by atoms with van der Waals surface area (Å²) in [6.45, 7) is 1.61. The SMILES string of the molecule is C[C@@]1(c2ccccn2)NC(=O)N(CC(=O)Nc2ccc(OCc3ccccc3)cc2)C1=O. The Morgan fingerprint density at radius 1 is 1.03 bits per heavy atom. The monoisotopic (exact) mass is 430 g/mol. The van der Waals surface area contributed by atoms with Crippen LogP contribution in [0.5, 0.6) is 5.75 Å². The smallest absolute Gasteiger partial charge is 0.325 e. The van der Waals surface area contributed by atoms with Crippen LogP contribution in [0.1, 0.15) is 18.2 Å². The Balaban J connectivity index is 1.34. The van der Waals surface area contributed by atoms with E-state index in [0.717, 1.165) is 10.5 Å². The highest BCUT2D eigenvalue weighted by Crippen LogP contribution is 2.27. The molecule has 4 amide bonds. The van der Waals surface area contributed by atoms with E-state index in [4.69, 9.17) is 4.74 Å². The lowest BCUT2D eigenvalue weighted by atomic mass is 9.97. The van der Waals surface area contributed by atoms with Crippen LogP contribution < -0.4 is 15.4 Å². The van der Waals surface area contributed by atoms with Crippen molar-refractivity contribution in [2.75, 3.05) is 11.9 Å². The van der Waals surface area contributed by atoms with Gasteiger partial charge in [0.15, 0.2) is 5.54 Å². The molecule has 8 nitrogen and oxygen atoms in total. The van der Waals surface area contributed by atoms with Gasteiger partial charge in [0, 0.05) is 11.9 Å². The first-order chi connectivity index (χ1) is 15.5. The van der Waals surface area contributed by atoms with Crippen LogP contribution in [0, 0.1) is 0 Å². The summed E-state index contributed by atoms with van der Waals surface area (Å²) in [6, 6.07) is 21.1. The van der Waals surface area contributed by atoms with Crippen molar-refractivity contribution >= 4 is 23.5 Å². The van der Waals surface area contributed by atoms with Crippen LogP contribution in [-0.2, 0) is 21.7 Å². The van der Waals surface area contributed by atoms with Crippen LogP contribution >= 0.6 is 0 Å². The first-order valence-corrected chi connectivity index (χ1v) is 10.1. The van der Waals surface area contributed by atoms with Gasteiger partial charge in [-0.05, 0) is 48.9 Å². The van der Waals surface area contributed by atoms with E-state index in [1.54, 1.807) is 55.6 Å². The first kappa shape index (κ1) is 21.0. The molecule has 162 valence electrons. The molecule has 1 fully saturated rings. The normalized spacial score (nSPS) is 17.7. The fourth-order valence-electron chi connectivity index (χ4n) is 3.39. The van der Waals surface area contributed by atoms with Crippen molar-refractivity contribution in [1.82, 2.24) is 15.2 Å². The van der Waals surface area contributed by atoms with Gasteiger partial charge in [-0.1, -0.05) is 36.4 Å². The predicted octanol–water partition coefficient (Wildman–Crippen LogP) is 3.07. The predicted molar refractivity (Wildman–Crippen MR) is 118 cm³/mol. The summed E-state index contributed by atoms with van der Waals surface area (Å²) in [5.41, 5.74) is 0.682. The molecule has 0 aliphatic carbocycles. The standard InChI is InChI=1S/C24H22N4O4/c1-24(20-9-5-6-14-25-20)22(30)28(23(31)27-24)15-21(29)26-18-10-12-19(13-11-18)32-16-17-7-3-2-4-8-17/h2-14H,15-16H2,1H3,(H,26,29)(H,27,31)/t24-/m0/s1. The first-order valence-electron chi connectivity index (χ1n) is 10.1. The molecule has 1 aliphatic rings. The number of anilines is 1. The van der Waals surface area contributed by atoms with Gasteiger partial charge in [0.05, 0.1) is 5.69 Å². The van der Waals surface area contributed by atoms with Gasteiger partial charge in [-0.3, -0.25) is 19.5 Å². The number of urea groups is 1. The van der Waals surface area contributed by atoms with Crippen LogP contribution in [-0.4, -0.2) is 34.3 Å². The summed E-state index contributed by atoms with van der Waals surface area (Å²) in [5, 5.41) is 5.32. The number of nitrogens with zero attached hydrogens (tertiary/aromatic N) is 2. The Morgan fingerprint density at radius 3 is 2.44 bits per heavy atom. The summed E-state index contributed by atoms with van der Waals surface area (Å²) >= 11 is 0. The molecule has 0 unspecified atom stereocenters. The Labute approximate surface area is 185 Å². The molecule has 2 heterocycles. The van der Waals surface area contributed by atoms with Gasteiger partial charge in [-0.25, -0.2) is 4.79 Å². The van der Waals surface area contributed by atoms with Crippen LogP contribution in [0.3, 0.4) is 0 Å². The number of nitrogens with one attached hydrogen (secondary N) is 2. The average molecular weight is 430 g/mol. The van der Waals surface area contributed by atoms with Crippen LogP contribution in [0.25, 0.3) is 0 Å². The van der Waals surface area contributed by atoms with Crippen LogP contribution in [0.15, 0.2) is 79.0 Å². The minimum absolute atomic E-state index is 0.403. The van der Waals surface area contributed by atoms with Crippen molar-refractivity contribution < 1.29 is 19.1 Å². The minimum Gasteiger partial charge on any atom is -0.489 e. The molecule has 1 atom stereocenters. The van der Waals surface area contributed by atoms with Gasteiger partial charge in [0.2, 0.25) is 5.91 Å². The zero-order valence-electron chi connectivity index (χ0n) is 17.4. The second-order valence-electron chi connectivity index (χ2n) is 7.51. The number of carbonyl (C=O) groups excluding carboxylic acids is 3. The molecular formula is C24H22N4O4. The second kappa shape index (κ2) is 8.89. The number of hydrogen-bond donors (Lipinski definition) is 2. The van der Waals surface area contributed by atoms with Crippen molar-refractivity contribution in [3.63, 3.8) is 0 Å². The zero-order chi connectivity index (χ0) is 22.6. The van der Waals surface area contributed by atoms with Gasteiger partial charge < -0.3 is 15.4 Å². The quantitative estimate of drug-likeness (QED) is 0.561. The number of imide groups is 1. The topological polar surface area (TPSA) is 101 Å². The van der Waals surface area contributed by atoms with Crippen LogP contribution in [0.2, 0.25) is 0 Å². The third-order valence-electron chi connectivity index (χ3n) is 5.14. The summed E-state index contributed by atoms with van der Waals surface area (Å²) < 4.78 is 5.73. The van der Waals surface area contributed by atoms with E-state index in [-0.39, 0.29) is 0 Å². The van der Waals surface area contributed by atoms with Crippen molar-refractivity contribution in [3.8, 4) is 5.75 Å². The third-order valence-corrected chi connectivity index (χ3v) is 5.14. The Kier molecular flexibility index (Phi) is 5.85. The Hall–Kier alpha value is -4.20. The van der Waals surface area contributed by atoms with E-state index in [0.29, 0.717) is 23.7 Å². The summed E-state index contributed by atoms with van der Waals surface area (Å²) in [4.78, 5) is 42.8. The molecule has 0 bridgehead atoms. The van der Waals surface area contributed by atoms with Crippen molar-refractivity contribution in [3.05, 3.63) is 90.3 Å². The number of hydrogen-bond acceptors (Lipinski definition) is 5. The number of aromatic nitrogens is 1. The number of benzene rings is 2. The maximum Gasteiger partial charge on any atom is 0.325 e. The van der Waals surface area contributed by atoms with E-state index < -0.39 is 29.9 Å². The molecule has 0 spiro atoms. The van der Waals surface area contributed by atoms with E-state index in [2.05, 4.69) is 15.6 Å². The fourth-order valence-corrected chi connectivity index (χ4v) is 3.39. The molecule has 4 rings (SSSR count). The van der Waals surface area contributed by atoms with E-state index >= 15 is 0 Å². The lowest BCUT2D eigenvalue weighted by Crippen LogP contribution is -2.42. The third kappa shape index (κ3) is 4.44. The number of pyridine rings is 1. The molecule has 8 heteroatoms. The second-order valence-corrected chi connectivity index (χ2v) is 7.51. The lowest BCUT2D eigenvalue weighted by Gasteiger charge is -2.20. The number of rotatable bonds is 7. The Morgan fingerprint density at radius 2 is 1.75 bits per heavy atom. The Bertz CT molecular complexity index is 1120. The maximum absolute atomic E-state index is 12.9. The molecule has 1 aliphatic heterocycles. The molecule has 0 saturated carbocycles. The largest absolute Gasteiger partial charge is 0.489 e. The van der Waals surface area contributed by atoms with E-state index in [1.807, 2.05) is 30.3 Å². The molecular weight excluding hydrogens is 408 g/mol. The van der Waals surface area contributed by atoms with Gasteiger partial charge in [0.1, 0.15) is 18.9 Å². The van der Waals surface area contributed by atoms with E-state index in [9.17, 15) is 14.4 Å². The highest BCUT2D eigenvalue weighted by atomic mass is 16.5. The van der Waals surface area contributed by atoms with Crippen molar-refractivity contribution in [1.29, 1.82) is 0 Å². The van der Waals surface area contributed by atoms with Crippen molar-refractivity contribution in [2.24, 2.45) is 0 Å². The average Bonchev–Trinajstić information content (AvgIpc) is 3.04. The highest BCUT2D eigenvalue weighted by Gasteiger charge is 2.50. The number of carbonyl (C=O) groups is 3. The number of ether oxygens (including phenoxy) is 1. The summed E-state index contributed by atoms with van der Waals surface area (Å²) in [6.07, 6.45) is 1.54. The van der Waals surface area contributed by atoms with E-state index in [1.165, 1.54) is 0 Å². The molecule has 2 N–H and O–H groups in total. The summed E-state index contributed by atoms with van der Waals surface area (Å²) in [7, 11) is 0. The highest BCUT2D eigenvalue weighted by molar-refractivity contribution is 6.10. The summed E-state index contributed by atoms with van der Waals surface area (Å²) in [5.74, 6) is -0.357. The number of amides is 4. The molecule has 32 heavy (non-hydrogen) atoms. The molecule has 3 aromatic rings. The van der Waals surface area contributed by atoms with Crippen molar-refractivity contribution in [2.45, 2.75) is 19.1 Å². The maximum atomic E-state index is 12.9. The van der Waals surface area contributed by atoms with Gasteiger partial charge in [-0.2, -0.15) is 0 Å². The zero-order valence-corrected chi connectivity index (χ0v) is 17.4.